The first-order valence-corrected chi connectivity index (χ1v) is 17.1. The molecule has 0 fully saturated rings. The summed E-state index contributed by atoms with van der Waals surface area (Å²) in [6, 6.07) is 31.9. The van der Waals surface area contributed by atoms with E-state index in [9.17, 15) is 18.8 Å². The van der Waals surface area contributed by atoms with Gasteiger partial charge in [0.1, 0.15) is 17.9 Å². The van der Waals surface area contributed by atoms with E-state index in [1.54, 1.807) is 26.2 Å². The average molecular weight is 677 g/mol. The molecule has 8 heteroatoms. The van der Waals surface area contributed by atoms with Crippen molar-refractivity contribution in [1.82, 2.24) is 20.4 Å². The summed E-state index contributed by atoms with van der Waals surface area (Å²) in [6.45, 7) is 4.46. The summed E-state index contributed by atoms with van der Waals surface area (Å²) in [5, 5.41) is 6.23. The third-order valence-corrected chi connectivity index (χ3v) is 9.17. The Kier molecular flexibility index (Phi) is 13.6. The number of likely N-dealkylation sites (N-methyl/N-ethyl adjacent to an activating group) is 2. The van der Waals surface area contributed by atoms with Crippen LogP contribution in [0.5, 0.6) is 0 Å². The molecule has 7 nitrogen and oxygen atoms in total. The number of hydrogen-bond acceptors (Lipinski definition) is 4. The van der Waals surface area contributed by atoms with Gasteiger partial charge in [-0.15, -0.1) is 0 Å². The van der Waals surface area contributed by atoms with E-state index in [0.717, 1.165) is 22.3 Å². The van der Waals surface area contributed by atoms with Crippen LogP contribution in [0.3, 0.4) is 0 Å². The molecule has 0 aliphatic rings. The van der Waals surface area contributed by atoms with Crippen molar-refractivity contribution in [3.63, 3.8) is 0 Å². The molecule has 2 N–H and O–H groups in total. The number of benzene rings is 4. The first-order chi connectivity index (χ1) is 24.0. The number of halogens is 1. The largest absolute Gasteiger partial charge is 0.354 e. The highest BCUT2D eigenvalue weighted by Crippen LogP contribution is 2.22. The van der Waals surface area contributed by atoms with E-state index in [0.29, 0.717) is 24.9 Å². The summed E-state index contributed by atoms with van der Waals surface area (Å²) in [7, 11) is 5.09. The van der Waals surface area contributed by atoms with Crippen LogP contribution in [0.2, 0.25) is 0 Å². The molecule has 4 aromatic rings. The van der Waals surface area contributed by atoms with Crippen LogP contribution in [0.4, 0.5) is 4.39 Å². The lowest BCUT2D eigenvalue weighted by Gasteiger charge is -2.34. The highest BCUT2D eigenvalue weighted by Gasteiger charge is 2.35. The summed E-state index contributed by atoms with van der Waals surface area (Å²) < 4.78 is 13.8. The van der Waals surface area contributed by atoms with Crippen molar-refractivity contribution >= 4 is 17.7 Å². The van der Waals surface area contributed by atoms with Gasteiger partial charge in [0.15, 0.2) is 0 Å². The smallest absolute Gasteiger partial charge is 0.246 e. The summed E-state index contributed by atoms with van der Waals surface area (Å²) >= 11 is 0. The third-order valence-electron chi connectivity index (χ3n) is 9.17. The van der Waals surface area contributed by atoms with Crippen LogP contribution in [0, 0.1) is 5.82 Å². The van der Waals surface area contributed by atoms with Gasteiger partial charge in [-0.25, -0.2) is 4.39 Å². The van der Waals surface area contributed by atoms with Crippen LogP contribution in [0.1, 0.15) is 37.0 Å². The number of rotatable bonds is 16. The molecule has 0 aliphatic heterocycles. The second-order valence-electron chi connectivity index (χ2n) is 13.3. The van der Waals surface area contributed by atoms with Gasteiger partial charge in [-0.3, -0.25) is 14.4 Å². The van der Waals surface area contributed by atoms with Crippen molar-refractivity contribution in [3.8, 4) is 11.1 Å². The molecule has 0 aromatic heterocycles. The molecule has 4 rings (SSSR count). The SMILES string of the molecule is CNC(C)(C)C/C=C/C(=O)N(C)[C@H](Cc1ccc(-c2ccccc2)cc1)C(=O)N(C)[C@H](Cc1ccc(F)cc1)C(=O)NCCc1ccccc1. The van der Waals surface area contributed by atoms with Crippen LogP contribution >= 0.6 is 0 Å². The van der Waals surface area contributed by atoms with Crippen molar-refractivity contribution in [1.29, 1.82) is 0 Å². The number of amides is 3. The Morgan fingerprint density at radius 2 is 1.26 bits per heavy atom. The lowest BCUT2D eigenvalue weighted by molar-refractivity contribution is -0.146. The molecule has 4 aromatic carbocycles. The molecule has 0 spiro atoms. The summed E-state index contributed by atoms with van der Waals surface area (Å²) in [6.07, 6.45) is 4.98. The Hall–Kier alpha value is -5.08. The van der Waals surface area contributed by atoms with E-state index >= 15 is 0 Å². The predicted molar refractivity (Wildman–Crippen MR) is 199 cm³/mol. The molecule has 0 unspecified atom stereocenters. The Morgan fingerprint density at radius 3 is 1.86 bits per heavy atom. The van der Waals surface area contributed by atoms with E-state index in [1.165, 1.54) is 28.0 Å². The molecule has 0 saturated carbocycles. The molecule has 262 valence electrons. The first-order valence-electron chi connectivity index (χ1n) is 17.1. The number of nitrogens with zero attached hydrogens (tertiary/aromatic N) is 2. The zero-order valence-electron chi connectivity index (χ0n) is 29.7. The molecule has 2 atom stereocenters. The van der Waals surface area contributed by atoms with Gasteiger partial charge in [0.25, 0.3) is 0 Å². The van der Waals surface area contributed by atoms with Gasteiger partial charge in [-0.05, 0) is 79.8 Å². The normalized spacial score (nSPS) is 12.7. The molecule has 50 heavy (non-hydrogen) atoms. The van der Waals surface area contributed by atoms with Crippen molar-refractivity contribution in [2.45, 2.75) is 57.2 Å². The number of carbonyl (C=O) groups excluding carboxylic acids is 3. The maximum Gasteiger partial charge on any atom is 0.246 e. The predicted octanol–water partition coefficient (Wildman–Crippen LogP) is 6.24. The summed E-state index contributed by atoms with van der Waals surface area (Å²) in [4.78, 5) is 44.7. The van der Waals surface area contributed by atoms with E-state index in [2.05, 4.69) is 10.6 Å². The third kappa shape index (κ3) is 11.0. The Bertz CT molecular complexity index is 1710. The lowest BCUT2D eigenvalue weighted by Crippen LogP contribution is -2.56. The Labute approximate surface area is 296 Å². The average Bonchev–Trinajstić information content (AvgIpc) is 3.13. The molecule has 0 aliphatic carbocycles. The molecule has 0 bridgehead atoms. The molecule has 0 saturated heterocycles. The van der Waals surface area contributed by atoms with Crippen LogP contribution in [-0.2, 0) is 33.6 Å². The fraction of sp³-hybridized carbons (Fsp3) is 0.310. The van der Waals surface area contributed by atoms with Crippen molar-refractivity contribution in [2.75, 3.05) is 27.7 Å². The molecular formula is C42H49FN4O3. The first kappa shape index (κ1) is 37.7. The Morgan fingerprint density at radius 1 is 0.720 bits per heavy atom. The van der Waals surface area contributed by atoms with Gasteiger partial charge < -0.3 is 20.4 Å². The zero-order chi connectivity index (χ0) is 36.1. The quantitative estimate of drug-likeness (QED) is 0.138. The van der Waals surface area contributed by atoms with Crippen molar-refractivity contribution in [3.05, 3.63) is 144 Å². The maximum absolute atomic E-state index is 14.5. The molecule has 3 amide bonds. The van der Waals surface area contributed by atoms with Gasteiger partial charge in [0.05, 0.1) is 0 Å². The molecule has 0 heterocycles. The van der Waals surface area contributed by atoms with Gasteiger partial charge in [-0.1, -0.05) is 103 Å². The van der Waals surface area contributed by atoms with Gasteiger partial charge >= 0.3 is 0 Å². The number of carbonyl (C=O) groups is 3. The highest BCUT2D eigenvalue weighted by atomic mass is 19.1. The minimum absolute atomic E-state index is 0.175. The number of hydrogen-bond donors (Lipinski definition) is 2. The van der Waals surface area contributed by atoms with Gasteiger partial charge in [0, 0.05) is 39.0 Å². The molecule has 0 radical (unpaired) electrons. The lowest BCUT2D eigenvalue weighted by atomic mass is 9.98. The van der Waals surface area contributed by atoms with E-state index in [1.807, 2.05) is 112 Å². The zero-order valence-corrected chi connectivity index (χ0v) is 29.7. The van der Waals surface area contributed by atoms with Gasteiger partial charge in [0.2, 0.25) is 17.7 Å². The van der Waals surface area contributed by atoms with Crippen LogP contribution < -0.4 is 10.6 Å². The Balaban J connectivity index is 1.60. The fourth-order valence-electron chi connectivity index (χ4n) is 5.64. The second kappa shape index (κ2) is 18.1. The van der Waals surface area contributed by atoms with Crippen LogP contribution in [-0.4, -0.2) is 72.8 Å². The van der Waals surface area contributed by atoms with Crippen LogP contribution in [0.25, 0.3) is 11.1 Å². The monoisotopic (exact) mass is 676 g/mol. The topological polar surface area (TPSA) is 81.8 Å². The van der Waals surface area contributed by atoms with E-state index in [4.69, 9.17) is 0 Å². The highest BCUT2D eigenvalue weighted by molar-refractivity contribution is 5.95. The standard InChI is InChI=1S/C42H49FN4O3/c1-42(2,44-3)27-12-17-39(48)46(4)38(30-32-18-22-35(23-19-32)34-15-10-7-11-16-34)41(50)47(5)37(29-33-20-24-36(43)25-21-33)40(49)45-28-26-31-13-8-6-9-14-31/h6-25,37-38,44H,26-30H2,1-5H3,(H,45,49)/b17-12+/t37-,38-/m1/s1. The number of nitrogens with one attached hydrogen (secondary N) is 2. The summed E-state index contributed by atoms with van der Waals surface area (Å²) in [5.74, 6) is -1.39. The maximum atomic E-state index is 14.5. The van der Waals surface area contributed by atoms with Gasteiger partial charge in [-0.2, -0.15) is 0 Å². The minimum Gasteiger partial charge on any atom is -0.354 e. The minimum atomic E-state index is -0.901. The fourth-order valence-corrected chi connectivity index (χ4v) is 5.64. The van der Waals surface area contributed by atoms with Crippen molar-refractivity contribution in [2.24, 2.45) is 0 Å². The summed E-state index contributed by atoms with van der Waals surface area (Å²) in [5.41, 5.74) is 4.58. The van der Waals surface area contributed by atoms with Crippen molar-refractivity contribution < 1.29 is 18.8 Å². The van der Waals surface area contributed by atoms with Crippen LogP contribution in [0.15, 0.2) is 121 Å². The van der Waals surface area contributed by atoms with E-state index in [-0.39, 0.29) is 41.9 Å². The van der Waals surface area contributed by atoms with E-state index < -0.39 is 12.1 Å². The molecular weight excluding hydrogens is 627 g/mol. The second-order valence-corrected chi connectivity index (χ2v) is 13.3.